The molecule has 0 heterocycles. The van der Waals surface area contributed by atoms with Gasteiger partial charge in [-0.2, -0.15) is 13.2 Å². The monoisotopic (exact) mass is 432 g/mol. The van der Waals surface area contributed by atoms with E-state index in [0.717, 1.165) is 5.56 Å². The van der Waals surface area contributed by atoms with Crippen molar-refractivity contribution in [3.05, 3.63) is 35.9 Å². The second kappa shape index (κ2) is 12.5. The number of alkyl halides is 3. The predicted octanol–water partition coefficient (Wildman–Crippen LogP) is -0.730. The summed E-state index contributed by atoms with van der Waals surface area (Å²) >= 11 is 0. The third kappa shape index (κ3) is 9.47. The molecule has 1 aromatic rings. The van der Waals surface area contributed by atoms with E-state index in [1.54, 1.807) is 37.4 Å². The molecule has 0 radical (unpaired) electrons. The molecule has 0 aliphatic heterocycles. The molecular formula is C18H23F3N4O5. The normalized spacial score (nSPS) is 13.1. The summed E-state index contributed by atoms with van der Waals surface area (Å²) in [6.45, 7) is -1.45. The van der Waals surface area contributed by atoms with Crippen LogP contribution >= 0.6 is 0 Å². The Kier molecular flexibility index (Phi) is 10.5. The maximum absolute atomic E-state index is 12.4. The Morgan fingerprint density at radius 3 is 2.30 bits per heavy atom. The molecule has 9 nitrogen and oxygen atoms in total. The van der Waals surface area contributed by atoms with Crippen molar-refractivity contribution >= 4 is 24.0 Å². The summed E-state index contributed by atoms with van der Waals surface area (Å²) in [6.07, 6.45) is -7.82. The smallest absolute Gasteiger partial charge is 0.345 e. The van der Waals surface area contributed by atoms with Crippen molar-refractivity contribution in [3.63, 3.8) is 0 Å². The minimum atomic E-state index is -4.89. The minimum absolute atomic E-state index is 0.0203. The number of amides is 3. The van der Waals surface area contributed by atoms with E-state index < -0.39 is 55.6 Å². The number of hydrogen-bond donors (Lipinski definition) is 4. The first-order chi connectivity index (χ1) is 14.2. The van der Waals surface area contributed by atoms with E-state index in [9.17, 15) is 32.3 Å². The van der Waals surface area contributed by atoms with Gasteiger partial charge in [0.1, 0.15) is 12.8 Å². The van der Waals surface area contributed by atoms with E-state index in [4.69, 9.17) is 0 Å². The largest absolute Gasteiger partial charge is 0.421 e. The van der Waals surface area contributed by atoms with Crippen LogP contribution in [-0.4, -0.2) is 69.2 Å². The molecule has 12 heteroatoms. The van der Waals surface area contributed by atoms with Gasteiger partial charge in [0.25, 0.3) is 0 Å². The average molecular weight is 432 g/mol. The fourth-order valence-electron chi connectivity index (χ4n) is 2.24. The molecule has 0 aliphatic rings. The molecule has 0 saturated heterocycles. The van der Waals surface area contributed by atoms with Crippen molar-refractivity contribution in [1.29, 1.82) is 0 Å². The van der Waals surface area contributed by atoms with Crippen molar-refractivity contribution in [2.24, 2.45) is 0 Å². The van der Waals surface area contributed by atoms with Crippen molar-refractivity contribution in [2.45, 2.75) is 24.7 Å². The van der Waals surface area contributed by atoms with Gasteiger partial charge >= 0.3 is 6.18 Å². The number of benzene rings is 1. The van der Waals surface area contributed by atoms with Crippen LogP contribution in [0, 0.1) is 0 Å². The maximum Gasteiger partial charge on any atom is 0.421 e. The van der Waals surface area contributed by atoms with Gasteiger partial charge in [-0.3, -0.25) is 14.4 Å². The number of nitrogens with one attached hydrogen (secondary N) is 4. The van der Waals surface area contributed by atoms with Gasteiger partial charge in [-0.25, -0.2) is 0 Å². The second-order valence-corrected chi connectivity index (χ2v) is 6.07. The van der Waals surface area contributed by atoms with Gasteiger partial charge in [0.15, 0.2) is 6.29 Å². The molecule has 0 spiro atoms. The highest BCUT2D eigenvalue weighted by molar-refractivity contribution is 5.91. The molecular weight excluding hydrogens is 409 g/mol. The van der Waals surface area contributed by atoms with Gasteiger partial charge in [0, 0.05) is 6.42 Å². The zero-order chi connectivity index (χ0) is 22.6. The fourth-order valence-corrected chi connectivity index (χ4v) is 2.24. The first-order valence-electron chi connectivity index (χ1n) is 8.83. The molecule has 0 fully saturated rings. The summed E-state index contributed by atoms with van der Waals surface area (Å²) < 4.78 is 41.3. The lowest BCUT2D eigenvalue weighted by molar-refractivity contribution is -0.213. The van der Waals surface area contributed by atoms with E-state index in [2.05, 4.69) is 20.7 Å². The summed E-state index contributed by atoms with van der Waals surface area (Å²) in [5.74, 6) is -1.92. The molecule has 3 amide bonds. The highest BCUT2D eigenvalue weighted by Crippen LogP contribution is 2.20. The van der Waals surface area contributed by atoms with Gasteiger partial charge in [-0.1, -0.05) is 30.3 Å². The molecule has 0 aromatic heterocycles. The summed E-state index contributed by atoms with van der Waals surface area (Å²) in [5.41, 5.74) is 0.771. The quantitative estimate of drug-likeness (QED) is 0.255. The van der Waals surface area contributed by atoms with E-state index in [1.807, 2.05) is 5.32 Å². The number of carbonyl (C=O) groups is 4. The Morgan fingerprint density at radius 1 is 1.07 bits per heavy atom. The van der Waals surface area contributed by atoms with Crippen LogP contribution in [0.5, 0.6) is 0 Å². The lowest BCUT2D eigenvalue weighted by Crippen LogP contribution is -2.51. The number of ether oxygens (including phenoxy) is 1. The molecule has 166 valence electrons. The predicted molar refractivity (Wildman–Crippen MR) is 99.0 cm³/mol. The fraction of sp³-hybridized carbons (Fsp3) is 0.444. The summed E-state index contributed by atoms with van der Waals surface area (Å²) in [4.78, 5) is 46.3. The van der Waals surface area contributed by atoms with Crippen molar-refractivity contribution in [1.82, 2.24) is 21.3 Å². The molecule has 1 rings (SSSR count). The molecule has 0 bridgehead atoms. The van der Waals surface area contributed by atoms with E-state index >= 15 is 0 Å². The molecule has 2 atom stereocenters. The Labute approximate surface area is 170 Å². The lowest BCUT2D eigenvalue weighted by Gasteiger charge is -2.19. The van der Waals surface area contributed by atoms with Crippen LogP contribution in [0.4, 0.5) is 13.2 Å². The zero-order valence-electron chi connectivity index (χ0n) is 16.1. The van der Waals surface area contributed by atoms with Gasteiger partial charge in [0.2, 0.25) is 23.8 Å². The number of halogens is 3. The van der Waals surface area contributed by atoms with Crippen molar-refractivity contribution in [3.8, 4) is 0 Å². The third-order valence-electron chi connectivity index (χ3n) is 3.67. The van der Waals surface area contributed by atoms with Gasteiger partial charge < -0.3 is 30.8 Å². The van der Waals surface area contributed by atoms with Crippen LogP contribution in [0.1, 0.15) is 5.56 Å². The second-order valence-electron chi connectivity index (χ2n) is 6.07. The molecule has 2 unspecified atom stereocenters. The first-order valence-corrected chi connectivity index (χ1v) is 8.83. The number of hydrogen-bond acceptors (Lipinski definition) is 6. The van der Waals surface area contributed by atoms with E-state index in [0.29, 0.717) is 0 Å². The molecule has 0 saturated carbocycles. The van der Waals surface area contributed by atoms with Crippen molar-refractivity contribution in [2.75, 3.05) is 26.9 Å². The van der Waals surface area contributed by atoms with E-state index in [1.165, 1.54) is 0 Å². The number of rotatable bonds is 12. The van der Waals surface area contributed by atoms with Crippen LogP contribution in [0.25, 0.3) is 0 Å². The third-order valence-corrected chi connectivity index (χ3v) is 3.67. The Morgan fingerprint density at radius 2 is 1.73 bits per heavy atom. The Balaban J connectivity index is 2.56. The Bertz CT molecular complexity index is 716. The van der Waals surface area contributed by atoms with Gasteiger partial charge in [-0.05, 0) is 12.6 Å². The molecule has 0 aliphatic carbocycles. The summed E-state index contributed by atoms with van der Waals surface area (Å²) in [5, 5.41) is 9.48. The minimum Gasteiger partial charge on any atom is -0.345 e. The van der Waals surface area contributed by atoms with Crippen LogP contribution in [0.3, 0.4) is 0 Å². The molecule has 4 N–H and O–H groups in total. The number of aldehydes is 1. The highest BCUT2D eigenvalue weighted by atomic mass is 19.4. The SMILES string of the molecule is CNCC(=O)NC(Cc1ccccc1)C(=O)NCC(=O)NCOC(C=O)C(F)(F)F. The van der Waals surface area contributed by atoms with Gasteiger partial charge in [-0.15, -0.1) is 0 Å². The number of likely N-dealkylation sites (N-methyl/N-ethyl adjacent to an activating group) is 1. The van der Waals surface area contributed by atoms with Crippen LogP contribution in [-0.2, 0) is 30.3 Å². The Hall–Kier alpha value is -2.99. The summed E-state index contributed by atoms with van der Waals surface area (Å²) in [7, 11) is 1.56. The molecule has 1 aromatic carbocycles. The lowest BCUT2D eigenvalue weighted by atomic mass is 10.1. The highest BCUT2D eigenvalue weighted by Gasteiger charge is 2.40. The maximum atomic E-state index is 12.4. The zero-order valence-corrected chi connectivity index (χ0v) is 16.1. The van der Waals surface area contributed by atoms with Crippen LogP contribution in [0.15, 0.2) is 30.3 Å². The first kappa shape index (κ1) is 25.0. The van der Waals surface area contributed by atoms with Crippen molar-refractivity contribution < 1.29 is 37.1 Å². The van der Waals surface area contributed by atoms with E-state index in [-0.39, 0.29) is 13.0 Å². The molecule has 30 heavy (non-hydrogen) atoms. The van der Waals surface area contributed by atoms with Crippen LogP contribution in [0.2, 0.25) is 0 Å². The number of carbonyl (C=O) groups excluding carboxylic acids is 4. The summed E-state index contributed by atoms with van der Waals surface area (Å²) in [6, 6.07) is 7.87. The van der Waals surface area contributed by atoms with Gasteiger partial charge in [0.05, 0.1) is 13.1 Å². The van der Waals surface area contributed by atoms with Crippen LogP contribution < -0.4 is 21.3 Å². The topological polar surface area (TPSA) is 126 Å². The standard InChI is InChI=1S/C18H23F3N4O5/c1-22-8-16(28)25-13(7-12-5-3-2-4-6-12)17(29)23-9-15(27)24-11-30-14(10-26)18(19,20)21/h2-6,10,13-14,22H,7-9,11H2,1H3,(H,23,29)(H,24,27)(H,25,28). The average Bonchev–Trinajstić information content (AvgIpc) is 2.69.